The normalized spacial score (nSPS) is 15.7. The molecule has 1 atom stereocenters. The van der Waals surface area contributed by atoms with Gasteiger partial charge in [0.1, 0.15) is 11.6 Å². The van der Waals surface area contributed by atoms with E-state index in [9.17, 15) is 4.79 Å². The second-order valence-corrected chi connectivity index (χ2v) is 9.49. The summed E-state index contributed by atoms with van der Waals surface area (Å²) in [6.07, 6.45) is 1.57. The molecule has 1 aliphatic rings. The Bertz CT molecular complexity index is 1120. The third-order valence-corrected chi connectivity index (χ3v) is 6.81. The summed E-state index contributed by atoms with van der Waals surface area (Å²) in [7, 11) is 2.18. The van der Waals surface area contributed by atoms with Crippen molar-refractivity contribution in [3.05, 3.63) is 42.1 Å². The Balaban J connectivity index is 1.56. The maximum absolute atomic E-state index is 11.6. The van der Waals surface area contributed by atoms with E-state index in [1.54, 1.807) is 0 Å². The maximum Gasteiger partial charge on any atom is 0.224 e. The summed E-state index contributed by atoms with van der Waals surface area (Å²) >= 11 is 1.50. The number of rotatable bonds is 9. The lowest BCUT2D eigenvalue weighted by molar-refractivity contribution is -0.115. The van der Waals surface area contributed by atoms with Gasteiger partial charge >= 0.3 is 0 Å². The van der Waals surface area contributed by atoms with Crippen molar-refractivity contribution in [1.82, 2.24) is 25.1 Å². The number of carbonyl (C=O) groups is 1. The van der Waals surface area contributed by atoms with Crippen LogP contribution in [0.5, 0.6) is 0 Å². The average molecular weight is 481 g/mol. The summed E-state index contributed by atoms with van der Waals surface area (Å²) in [6, 6.07) is 12.2. The van der Waals surface area contributed by atoms with Crippen LogP contribution in [-0.2, 0) is 4.79 Å². The fourth-order valence-electron chi connectivity index (χ4n) is 3.83. The van der Waals surface area contributed by atoms with Gasteiger partial charge in [0, 0.05) is 54.0 Å². The maximum atomic E-state index is 11.6. The molecule has 1 saturated heterocycles. The monoisotopic (exact) mass is 480 g/mol. The van der Waals surface area contributed by atoms with E-state index in [0.29, 0.717) is 23.4 Å². The van der Waals surface area contributed by atoms with Gasteiger partial charge in [-0.05, 0) is 63.0 Å². The highest BCUT2D eigenvalue weighted by molar-refractivity contribution is 7.99. The Morgan fingerprint density at radius 2 is 2.00 bits per heavy atom. The first-order valence-corrected chi connectivity index (χ1v) is 12.5. The molecule has 2 aromatic heterocycles. The molecule has 10 heteroatoms. The largest absolute Gasteiger partial charge is 0.355 e. The predicted molar refractivity (Wildman–Crippen MR) is 137 cm³/mol. The molecule has 34 heavy (non-hydrogen) atoms. The molecule has 9 nitrogen and oxygen atoms in total. The zero-order valence-electron chi connectivity index (χ0n) is 20.1. The minimum atomic E-state index is -0.00149. The number of nitrogens with zero attached hydrogens (tertiary/aromatic N) is 5. The third kappa shape index (κ3) is 6.06. The molecule has 0 aliphatic carbocycles. The fourth-order valence-corrected chi connectivity index (χ4v) is 4.59. The number of benzene rings is 1. The highest BCUT2D eigenvalue weighted by Crippen LogP contribution is 2.31. The van der Waals surface area contributed by atoms with Crippen molar-refractivity contribution < 1.29 is 4.79 Å². The summed E-state index contributed by atoms with van der Waals surface area (Å²) in [4.78, 5) is 27.0. The molecule has 3 heterocycles. The van der Waals surface area contributed by atoms with Crippen LogP contribution in [0.2, 0.25) is 0 Å². The highest BCUT2D eigenvalue weighted by atomic mass is 32.2. The average Bonchev–Trinajstić information content (AvgIpc) is 3.49. The number of hydrogen-bond acceptors (Lipinski definition) is 8. The first-order chi connectivity index (χ1) is 16.4. The molecule has 0 saturated carbocycles. The Morgan fingerprint density at radius 3 is 2.68 bits per heavy atom. The number of aryl methyl sites for hydroxylation is 1. The third-order valence-electron chi connectivity index (χ3n) is 5.93. The van der Waals surface area contributed by atoms with E-state index >= 15 is 0 Å². The standard InChI is InChI=1S/C24H32N8OS/c1-5-23(33)25-17-7-9-19(10-8-17)34-24-27-20(26-21-13-16(3)29-30-21)14-22(28-24)32-12-11-18(15-32)31(4)6-2/h7-10,13-14,18H,5-6,11-12,15H2,1-4H3,(H,25,33)(H2,26,27,28,29,30)/t18-/m0/s1. The van der Waals surface area contributed by atoms with Gasteiger partial charge in [-0.15, -0.1) is 0 Å². The number of nitrogens with one attached hydrogen (secondary N) is 3. The number of aromatic nitrogens is 4. The van der Waals surface area contributed by atoms with Gasteiger partial charge in [-0.3, -0.25) is 9.89 Å². The number of aromatic amines is 1. The van der Waals surface area contributed by atoms with Crippen LogP contribution in [0.15, 0.2) is 46.5 Å². The topological polar surface area (TPSA) is 102 Å². The molecule has 0 bridgehead atoms. The van der Waals surface area contributed by atoms with Gasteiger partial charge in [-0.25, -0.2) is 9.97 Å². The Hall–Kier alpha value is -3.11. The van der Waals surface area contributed by atoms with Crippen LogP contribution in [0.3, 0.4) is 0 Å². The molecule has 3 N–H and O–H groups in total. The van der Waals surface area contributed by atoms with Crippen molar-refractivity contribution in [2.24, 2.45) is 0 Å². The Morgan fingerprint density at radius 1 is 1.21 bits per heavy atom. The van der Waals surface area contributed by atoms with Crippen molar-refractivity contribution in [2.75, 3.05) is 42.2 Å². The zero-order chi connectivity index (χ0) is 24.1. The van der Waals surface area contributed by atoms with E-state index in [0.717, 1.165) is 54.0 Å². The smallest absolute Gasteiger partial charge is 0.224 e. The molecule has 0 unspecified atom stereocenters. The number of carbonyl (C=O) groups excluding carboxylic acids is 1. The molecular formula is C24H32N8OS. The summed E-state index contributed by atoms with van der Waals surface area (Å²) < 4.78 is 0. The van der Waals surface area contributed by atoms with E-state index < -0.39 is 0 Å². The zero-order valence-corrected chi connectivity index (χ0v) is 20.9. The summed E-state index contributed by atoms with van der Waals surface area (Å²) in [6.45, 7) is 8.92. The number of H-pyrrole nitrogens is 1. The van der Waals surface area contributed by atoms with E-state index in [-0.39, 0.29) is 5.91 Å². The van der Waals surface area contributed by atoms with Crippen LogP contribution in [0.25, 0.3) is 0 Å². The van der Waals surface area contributed by atoms with Gasteiger partial charge < -0.3 is 20.4 Å². The van der Waals surface area contributed by atoms with E-state index in [4.69, 9.17) is 9.97 Å². The number of likely N-dealkylation sites (N-methyl/N-ethyl adjacent to an activating group) is 1. The lowest BCUT2D eigenvalue weighted by Gasteiger charge is -2.23. The predicted octanol–water partition coefficient (Wildman–Crippen LogP) is 4.28. The van der Waals surface area contributed by atoms with Crippen LogP contribution in [0.4, 0.5) is 23.1 Å². The van der Waals surface area contributed by atoms with Crippen LogP contribution in [0, 0.1) is 6.92 Å². The molecular weight excluding hydrogens is 448 g/mol. The molecule has 4 rings (SSSR count). The van der Waals surface area contributed by atoms with Crippen LogP contribution >= 0.6 is 11.8 Å². The van der Waals surface area contributed by atoms with Crippen LogP contribution in [0.1, 0.15) is 32.4 Å². The molecule has 1 aromatic carbocycles. The fraction of sp³-hybridized carbons (Fsp3) is 0.417. The lowest BCUT2D eigenvalue weighted by atomic mass is 10.2. The summed E-state index contributed by atoms with van der Waals surface area (Å²) in [5.41, 5.74) is 1.76. The lowest BCUT2D eigenvalue weighted by Crippen LogP contribution is -2.34. The quantitative estimate of drug-likeness (QED) is 0.390. The highest BCUT2D eigenvalue weighted by Gasteiger charge is 2.26. The molecule has 1 fully saturated rings. The van der Waals surface area contributed by atoms with E-state index in [1.807, 2.05) is 50.2 Å². The Labute approximate surface area is 204 Å². The minimum absolute atomic E-state index is 0.00149. The second kappa shape index (κ2) is 10.9. The summed E-state index contributed by atoms with van der Waals surface area (Å²) in [5.74, 6) is 2.33. The molecule has 1 aliphatic heterocycles. The van der Waals surface area contributed by atoms with Gasteiger partial charge in [0.25, 0.3) is 0 Å². The molecule has 180 valence electrons. The minimum Gasteiger partial charge on any atom is -0.355 e. The van der Waals surface area contributed by atoms with Crippen molar-refractivity contribution >= 4 is 40.8 Å². The van der Waals surface area contributed by atoms with Gasteiger partial charge in [0.15, 0.2) is 11.0 Å². The molecule has 0 radical (unpaired) electrons. The SMILES string of the molecule is CCC(=O)Nc1ccc(Sc2nc(Nc3cc(C)[nH]n3)cc(N3CC[C@H](N(C)CC)C3)n2)cc1. The molecule has 3 aromatic rings. The van der Waals surface area contributed by atoms with E-state index in [1.165, 1.54) is 11.8 Å². The number of anilines is 4. The summed E-state index contributed by atoms with van der Waals surface area (Å²) in [5, 5.41) is 14.1. The number of hydrogen-bond donors (Lipinski definition) is 3. The van der Waals surface area contributed by atoms with Gasteiger partial charge in [0.2, 0.25) is 5.91 Å². The first kappa shape index (κ1) is 24.0. The molecule has 0 spiro atoms. The van der Waals surface area contributed by atoms with Crippen molar-refractivity contribution in [3.63, 3.8) is 0 Å². The first-order valence-electron chi connectivity index (χ1n) is 11.6. The van der Waals surface area contributed by atoms with Crippen molar-refractivity contribution in [2.45, 2.75) is 49.7 Å². The van der Waals surface area contributed by atoms with Crippen LogP contribution in [-0.4, -0.2) is 63.7 Å². The van der Waals surface area contributed by atoms with Gasteiger partial charge in [0.05, 0.1) is 0 Å². The Kier molecular flexibility index (Phi) is 7.69. The second-order valence-electron chi connectivity index (χ2n) is 8.45. The van der Waals surface area contributed by atoms with Gasteiger partial charge in [-0.2, -0.15) is 5.10 Å². The van der Waals surface area contributed by atoms with Crippen LogP contribution < -0.4 is 15.5 Å². The van der Waals surface area contributed by atoms with E-state index in [2.05, 4.69) is 44.6 Å². The molecule has 1 amide bonds. The van der Waals surface area contributed by atoms with Crippen molar-refractivity contribution in [3.8, 4) is 0 Å². The van der Waals surface area contributed by atoms with Gasteiger partial charge in [-0.1, -0.05) is 13.8 Å². The number of amides is 1. The van der Waals surface area contributed by atoms with Crippen molar-refractivity contribution in [1.29, 1.82) is 0 Å².